The molecule has 0 aromatic carbocycles. The van der Waals surface area contributed by atoms with E-state index in [1.165, 1.54) is 0 Å². The van der Waals surface area contributed by atoms with Gasteiger partial charge < -0.3 is 11.5 Å². The Bertz CT molecular complexity index is 207. The molecule has 0 unspecified atom stereocenters. The highest BCUT2D eigenvalue weighted by Gasteiger charge is 2.26. The molecule has 0 aliphatic heterocycles. The van der Waals surface area contributed by atoms with Crippen LogP contribution in [0.1, 0.15) is 40.5 Å². The third kappa shape index (κ3) is 4.48. The highest BCUT2D eigenvalue weighted by atomic mass is 16.1. The molecule has 0 aliphatic carbocycles. The van der Waals surface area contributed by atoms with Crippen molar-refractivity contribution in [2.24, 2.45) is 11.5 Å². The van der Waals surface area contributed by atoms with Gasteiger partial charge in [-0.1, -0.05) is 0 Å². The predicted molar refractivity (Wildman–Crippen MR) is 55.8 cm³/mol. The fraction of sp³-hybridized carbons (Fsp3) is 0.800. The van der Waals surface area contributed by atoms with Gasteiger partial charge >= 0.3 is 0 Å². The highest BCUT2D eigenvalue weighted by molar-refractivity contribution is 5.94. The van der Waals surface area contributed by atoms with Crippen molar-refractivity contribution in [3.8, 4) is 0 Å². The molecule has 82 valence electrons. The third-order valence-corrected chi connectivity index (χ3v) is 2.02. The minimum Gasteiger partial charge on any atom is -0.319 e. The number of carbonyl (C=O) groups is 2. The first-order valence-electron chi connectivity index (χ1n) is 4.69. The van der Waals surface area contributed by atoms with Crippen molar-refractivity contribution in [2.45, 2.75) is 51.6 Å². The van der Waals surface area contributed by atoms with Gasteiger partial charge in [0.1, 0.15) is 0 Å². The molecule has 0 heterocycles. The quantitative estimate of drug-likeness (QED) is 0.671. The predicted octanol–water partition coefficient (Wildman–Crippen LogP) is 0.379. The molecule has 0 amide bonds. The van der Waals surface area contributed by atoms with Crippen LogP contribution in [0.15, 0.2) is 0 Å². The first-order valence-corrected chi connectivity index (χ1v) is 4.69. The number of Topliss-reactive ketones (excluding diaryl/α,β-unsaturated/α-hetero) is 2. The Morgan fingerprint density at radius 2 is 1.07 bits per heavy atom. The number of hydrogen-bond donors (Lipinski definition) is 2. The van der Waals surface area contributed by atoms with Crippen LogP contribution in [0, 0.1) is 0 Å². The maximum absolute atomic E-state index is 11.4. The van der Waals surface area contributed by atoms with Gasteiger partial charge in [0, 0.05) is 12.8 Å². The molecule has 4 nitrogen and oxygen atoms in total. The molecule has 14 heavy (non-hydrogen) atoms. The minimum absolute atomic E-state index is 0.116. The van der Waals surface area contributed by atoms with Crippen molar-refractivity contribution >= 4 is 11.6 Å². The molecule has 0 bridgehead atoms. The van der Waals surface area contributed by atoms with Crippen LogP contribution in [-0.4, -0.2) is 22.6 Å². The number of rotatable bonds is 5. The Kier molecular flexibility index (Phi) is 3.97. The van der Waals surface area contributed by atoms with E-state index >= 15 is 0 Å². The lowest BCUT2D eigenvalue weighted by atomic mass is 9.91. The summed E-state index contributed by atoms with van der Waals surface area (Å²) in [5, 5.41) is 0. The number of hydrogen-bond acceptors (Lipinski definition) is 4. The summed E-state index contributed by atoms with van der Waals surface area (Å²) in [4.78, 5) is 22.8. The van der Waals surface area contributed by atoms with Gasteiger partial charge in [-0.25, -0.2) is 0 Å². The zero-order valence-electron chi connectivity index (χ0n) is 9.39. The van der Waals surface area contributed by atoms with Crippen molar-refractivity contribution in [3.05, 3.63) is 0 Å². The Morgan fingerprint density at radius 1 is 0.857 bits per heavy atom. The largest absolute Gasteiger partial charge is 0.319 e. The van der Waals surface area contributed by atoms with Crippen LogP contribution in [0.3, 0.4) is 0 Å². The third-order valence-electron chi connectivity index (χ3n) is 2.02. The van der Waals surface area contributed by atoms with Crippen molar-refractivity contribution in [2.75, 3.05) is 0 Å². The second-order valence-corrected chi connectivity index (χ2v) is 4.79. The molecule has 0 saturated carbocycles. The lowest BCUT2D eigenvalue weighted by molar-refractivity contribution is -0.128. The fourth-order valence-electron chi connectivity index (χ4n) is 0.871. The Hall–Kier alpha value is -0.740. The van der Waals surface area contributed by atoms with Crippen LogP contribution in [0.4, 0.5) is 0 Å². The summed E-state index contributed by atoms with van der Waals surface area (Å²) in [5.74, 6) is -0.231. The molecular weight excluding hydrogens is 180 g/mol. The lowest BCUT2D eigenvalue weighted by Crippen LogP contribution is -2.44. The Morgan fingerprint density at radius 3 is 1.21 bits per heavy atom. The van der Waals surface area contributed by atoms with Crippen LogP contribution >= 0.6 is 0 Å². The van der Waals surface area contributed by atoms with Crippen molar-refractivity contribution in [1.29, 1.82) is 0 Å². The van der Waals surface area contributed by atoms with Gasteiger partial charge in [-0.15, -0.1) is 0 Å². The number of carbonyl (C=O) groups excluding carboxylic acids is 2. The maximum Gasteiger partial charge on any atom is 0.152 e. The molecule has 0 atom stereocenters. The second-order valence-electron chi connectivity index (χ2n) is 4.79. The Labute approximate surface area is 85.0 Å². The molecule has 0 rings (SSSR count). The Balaban J connectivity index is 4.10. The summed E-state index contributed by atoms with van der Waals surface area (Å²) in [6.45, 7) is 6.53. The van der Waals surface area contributed by atoms with Crippen molar-refractivity contribution in [3.63, 3.8) is 0 Å². The molecule has 0 fully saturated rings. The van der Waals surface area contributed by atoms with E-state index in [1.807, 2.05) is 0 Å². The summed E-state index contributed by atoms with van der Waals surface area (Å²) >= 11 is 0. The highest BCUT2D eigenvalue weighted by Crippen LogP contribution is 2.09. The van der Waals surface area contributed by atoms with Crippen LogP contribution in [0.5, 0.6) is 0 Å². The van der Waals surface area contributed by atoms with Gasteiger partial charge in [-0.3, -0.25) is 9.59 Å². The van der Waals surface area contributed by atoms with Gasteiger partial charge in [0.25, 0.3) is 0 Å². The molecule has 0 saturated heterocycles. The van der Waals surface area contributed by atoms with Crippen molar-refractivity contribution in [1.82, 2.24) is 0 Å². The van der Waals surface area contributed by atoms with E-state index < -0.39 is 11.1 Å². The van der Waals surface area contributed by atoms with Crippen molar-refractivity contribution < 1.29 is 9.59 Å². The molecule has 0 aliphatic rings. The average Bonchev–Trinajstić information content (AvgIpc) is 1.95. The summed E-state index contributed by atoms with van der Waals surface area (Å²) in [6, 6.07) is 0. The minimum atomic E-state index is -0.862. The molecule has 0 aromatic rings. The zero-order chi connectivity index (χ0) is 11.6. The molecule has 0 radical (unpaired) electrons. The van der Waals surface area contributed by atoms with E-state index in [4.69, 9.17) is 11.5 Å². The van der Waals surface area contributed by atoms with E-state index in [0.717, 1.165) is 0 Å². The van der Waals surface area contributed by atoms with E-state index in [-0.39, 0.29) is 24.4 Å². The van der Waals surface area contributed by atoms with Gasteiger partial charge in [0.15, 0.2) is 11.6 Å². The van der Waals surface area contributed by atoms with Crippen LogP contribution < -0.4 is 11.5 Å². The first kappa shape index (κ1) is 13.3. The van der Waals surface area contributed by atoms with Gasteiger partial charge in [-0.2, -0.15) is 0 Å². The molecule has 4 N–H and O–H groups in total. The van der Waals surface area contributed by atoms with E-state index in [9.17, 15) is 9.59 Å². The SMILES string of the molecule is CC(C)(N)C(=O)CCC(=O)C(C)(C)N. The standard InChI is InChI=1S/C10H20N2O2/c1-9(2,11)7(13)5-6-8(14)10(3,4)12/h5-6,11-12H2,1-4H3. The fourth-order valence-corrected chi connectivity index (χ4v) is 0.871. The number of nitrogens with two attached hydrogens (primary N) is 2. The smallest absolute Gasteiger partial charge is 0.152 e. The zero-order valence-corrected chi connectivity index (χ0v) is 9.39. The first-order chi connectivity index (χ1) is 6.05. The van der Waals surface area contributed by atoms with E-state index in [2.05, 4.69) is 0 Å². The molecular formula is C10H20N2O2. The summed E-state index contributed by atoms with van der Waals surface area (Å²) in [6.07, 6.45) is 0.339. The number of ketones is 2. The summed E-state index contributed by atoms with van der Waals surface area (Å²) < 4.78 is 0. The second kappa shape index (κ2) is 4.19. The lowest BCUT2D eigenvalue weighted by Gasteiger charge is -2.19. The molecule has 0 spiro atoms. The normalized spacial score (nSPS) is 12.7. The molecule has 4 heteroatoms. The van der Waals surface area contributed by atoms with Gasteiger partial charge in [-0.05, 0) is 27.7 Å². The topological polar surface area (TPSA) is 86.2 Å². The summed E-state index contributed by atoms with van der Waals surface area (Å²) in [7, 11) is 0. The van der Waals surface area contributed by atoms with Gasteiger partial charge in [0.2, 0.25) is 0 Å². The van der Waals surface area contributed by atoms with Gasteiger partial charge in [0.05, 0.1) is 11.1 Å². The van der Waals surface area contributed by atoms with E-state index in [0.29, 0.717) is 0 Å². The summed E-state index contributed by atoms with van der Waals surface area (Å²) in [5.41, 5.74) is 9.44. The van der Waals surface area contributed by atoms with E-state index in [1.54, 1.807) is 27.7 Å². The molecule has 0 aromatic heterocycles. The van der Waals surface area contributed by atoms with Crippen LogP contribution in [0.2, 0.25) is 0 Å². The van der Waals surface area contributed by atoms with Crippen LogP contribution in [-0.2, 0) is 9.59 Å². The average molecular weight is 200 g/mol. The maximum atomic E-state index is 11.4. The van der Waals surface area contributed by atoms with Crippen LogP contribution in [0.25, 0.3) is 0 Å². The monoisotopic (exact) mass is 200 g/mol.